The molecular weight excluding hydrogens is 360 g/mol. The Labute approximate surface area is 164 Å². The highest BCUT2D eigenvalue weighted by atomic mass is 16.5. The molecule has 2 aromatic rings. The predicted octanol–water partition coefficient (Wildman–Crippen LogP) is 3.93. The molecule has 6 heteroatoms. The monoisotopic (exact) mass is 384 g/mol. The van der Waals surface area contributed by atoms with Crippen LogP contribution in [0.15, 0.2) is 48.5 Å². The van der Waals surface area contributed by atoms with E-state index in [0.29, 0.717) is 29.4 Å². The molecular formula is C22H24O6. The number of hydrogen-bond donors (Lipinski definition) is 0. The van der Waals surface area contributed by atoms with Gasteiger partial charge in [0.25, 0.3) is 0 Å². The SMILES string of the molecule is CCOc1ccc(/C=C/C(=O)O[C@@H](C)C(=O)c2ccc(OC)cc2)cc1OC. The minimum atomic E-state index is -0.902. The molecule has 0 aliphatic heterocycles. The molecule has 2 aromatic carbocycles. The summed E-state index contributed by atoms with van der Waals surface area (Å²) in [6.45, 7) is 3.95. The van der Waals surface area contributed by atoms with Gasteiger partial charge in [-0.05, 0) is 61.9 Å². The topological polar surface area (TPSA) is 71.1 Å². The van der Waals surface area contributed by atoms with Crippen LogP contribution in [-0.4, -0.2) is 38.7 Å². The van der Waals surface area contributed by atoms with Crippen molar-refractivity contribution in [3.05, 3.63) is 59.7 Å². The van der Waals surface area contributed by atoms with Gasteiger partial charge in [0.2, 0.25) is 5.78 Å². The van der Waals surface area contributed by atoms with E-state index >= 15 is 0 Å². The smallest absolute Gasteiger partial charge is 0.331 e. The Kier molecular flexibility index (Phi) is 7.63. The number of benzene rings is 2. The van der Waals surface area contributed by atoms with Crippen LogP contribution < -0.4 is 14.2 Å². The highest BCUT2D eigenvalue weighted by Crippen LogP contribution is 2.28. The average Bonchev–Trinajstić information content (AvgIpc) is 2.72. The number of ether oxygens (including phenoxy) is 4. The van der Waals surface area contributed by atoms with Crippen LogP contribution in [0.1, 0.15) is 29.8 Å². The summed E-state index contributed by atoms with van der Waals surface area (Å²) in [5.74, 6) is 0.952. The van der Waals surface area contributed by atoms with Gasteiger partial charge < -0.3 is 18.9 Å². The van der Waals surface area contributed by atoms with Crippen molar-refractivity contribution in [3.8, 4) is 17.2 Å². The molecule has 0 fully saturated rings. The van der Waals surface area contributed by atoms with Crippen molar-refractivity contribution < 1.29 is 28.5 Å². The fourth-order valence-corrected chi connectivity index (χ4v) is 2.48. The van der Waals surface area contributed by atoms with Crippen LogP contribution in [-0.2, 0) is 9.53 Å². The lowest BCUT2D eigenvalue weighted by Crippen LogP contribution is -2.23. The molecule has 0 unspecified atom stereocenters. The molecule has 0 saturated carbocycles. The second-order valence-electron chi connectivity index (χ2n) is 5.85. The fourth-order valence-electron chi connectivity index (χ4n) is 2.48. The van der Waals surface area contributed by atoms with Gasteiger partial charge in [-0.25, -0.2) is 4.79 Å². The number of carbonyl (C=O) groups is 2. The summed E-state index contributed by atoms with van der Waals surface area (Å²) in [7, 11) is 3.10. The fraction of sp³-hybridized carbons (Fsp3) is 0.273. The zero-order valence-electron chi connectivity index (χ0n) is 16.4. The molecule has 0 saturated heterocycles. The van der Waals surface area contributed by atoms with Crippen LogP contribution in [0, 0.1) is 0 Å². The van der Waals surface area contributed by atoms with Crippen LogP contribution in [0.2, 0.25) is 0 Å². The molecule has 1 atom stereocenters. The number of carbonyl (C=O) groups excluding carboxylic acids is 2. The van der Waals surface area contributed by atoms with Crippen LogP contribution in [0.3, 0.4) is 0 Å². The van der Waals surface area contributed by atoms with Crippen molar-refractivity contribution in [1.82, 2.24) is 0 Å². The van der Waals surface area contributed by atoms with E-state index in [0.717, 1.165) is 5.56 Å². The number of Topliss-reactive ketones (excluding diaryl/α,β-unsaturated/α-hetero) is 1. The Morgan fingerprint density at radius 1 is 1.00 bits per heavy atom. The van der Waals surface area contributed by atoms with Crippen molar-refractivity contribution in [1.29, 1.82) is 0 Å². The number of hydrogen-bond acceptors (Lipinski definition) is 6. The largest absolute Gasteiger partial charge is 0.497 e. The first-order valence-electron chi connectivity index (χ1n) is 8.86. The quantitative estimate of drug-likeness (QED) is 0.371. The van der Waals surface area contributed by atoms with E-state index in [-0.39, 0.29) is 5.78 Å². The number of ketones is 1. The molecule has 0 heterocycles. The standard InChI is InChI=1S/C22H24O6/c1-5-27-19-12-6-16(14-20(19)26-4)7-13-21(23)28-15(2)22(24)17-8-10-18(25-3)11-9-17/h6-15H,5H2,1-4H3/b13-7+/t15-/m0/s1. The lowest BCUT2D eigenvalue weighted by molar-refractivity contribution is -0.140. The summed E-state index contributed by atoms with van der Waals surface area (Å²) >= 11 is 0. The summed E-state index contributed by atoms with van der Waals surface area (Å²) < 4.78 is 21.0. The van der Waals surface area contributed by atoms with Crippen molar-refractivity contribution in [2.45, 2.75) is 20.0 Å². The minimum absolute atomic E-state index is 0.285. The third kappa shape index (κ3) is 5.61. The molecule has 28 heavy (non-hydrogen) atoms. The molecule has 0 amide bonds. The van der Waals surface area contributed by atoms with Gasteiger partial charge >= 0.3 is 5.97 Å². The van der Waals surface area contributed by atoms with Gasteiger partial charge in [0.1, 0.15) is 5.75 Å². The lowest BCUT2D eigenvalue weighted by atomic mass is 10.1. The zero-order chi connectivity index (χ0) is 20.5. The summed E-state index contributed by atoms with van der Waals surface area (Å²) in [5.41, 5.74) is 1.19. The predicted molar refractivity (Wildman–Crippen MR) is 106 cm³/mol. The van der Waals surface area contributed by atoms with Crippen LogP contribution in [0.25, 0.3) is 6.08 Å². The summed E-state index contributed by atoms with van der Waals surface area (Å²) in [4.78, 5) is 24.4. The third-order valence-electron chi connectivity index (χ3n) is 3.94. The average molecular weight is 384 g/mol. The first kappa shape index (κ1) is 21.0. The first-order chi connectivity index (χ1) is 13.5. The Balaban J connectivity index is 1.99. The molecule has 0 bridgehead atoms. The highest BCUT2D eigenvalue weighted by Gasteiger charge is 2.18. The van der Waals surface area contributed by atoms with Crippen LogP contribution in [0.4, 0.5) is 0 Å². The molecule has 0 radical (unpaired) electrons. The maximum absolute atomic E-state index is 12.4. The number of esters is 1. The van der Waals surface area contributed by atoms with E-state index < -0.39 is 12.1 Å². The van der Waals surface area contributed by atoms with Crippen molar-refractivity contribution in [2.75, 3.05) is 20.8 Å². The number of methoxy groups -OCH3 is 2. The Morgan fingerprint density at radius 2 is 1.71 bits per heavy atom. The van der Waals surface area contributed by atoms with Crippen molar-refractivity contribution in [2.24, 2.45) is 0 Å². The van der Waals surface area contributed by atoms with Gasteiger partial charge in [0, 0.05) is 11.6 Å². The minimum Gasteiger partial charge on any atom is -0.497 e. The normalized spacial score (nSPS) is 11.7. The maximum Gasteiger partial charge on any atom is 0.331 e. The Bertz CT molecular complexity index is 839. The lowest BCUT2D eigenvalue weighted by Gasteiger charge is -2.11. The molecule has 6 nitrogen and oxygen atoms in total. The van der Waals surface area contributed by atoms with E-state index in [1.165, 1.54) is 13.0 Å². The second-order valence-corrected chi connectivity index (χ2v) is 5.85. The molecule has 148 valence electrons. The van der Waals surface area contributed by atoms with Gasteiger partial charge in [0.05, 0.1) is 20.8 Å². The van der Waals surface area contributed by atoms with Gasteiger partial charge in [-0.3, -0.25) is 4.79 Å². The first-order valence-corrected chi connectivity index (χ1v) is 8.86. The van der Waals surface area contributed by atoms with Crippen molar-refractivity contribution >= 4 is 17.8 Å². The molecule has 2 rings (SSSR count). The molecule has 0 aromatic heterocycles. The molecule has 0 N–H and O–H groups in total. The summed E-state index contributed by atoms with van der Waals surface area (Å²) in [6, 6.07) is 11.9. The highest BCUT2D eigenvalue weighted by molar-refractivity contribution is 6.01. The second kappa shape index (κ2) is 10.2. The maximum atomic E-state index is 12.4. The van der Waals surface area contributed by atoms with Crippen LogP contribution >= 0.6 is 0 Å². The van der Waals surface area contributed by atoms with Gasteiger partial charge in [-0.2, -0.15) is 0 Å². The summed E-state index contributed by atoms with van der Waals surface area (Å²) in [5, 5.41) is 0. The van der Waals surface area contributed by atoms with E-state index in [2.05, 4.69) is 0 Å². The molecule has 0 aliphatic rings. The van der Waals surface area contributed by atoms with Gasteiger partial charge in [0.15, 0.2) is 17.6 Å². The van der Waals surface area contributed by atoms with E-state index in [1.807, 2.05) is 6.92 Å². The van der Waals surface area contributed by atoms with E-state index in [1.54, 1.807) is 62.8 Å². The van der Waals surface area contributed by atoms with Crippen LogP contribution in [0.5, 0.6) is 17.2 Å². The van der Waals surface area contributed by atoms with E-state index in [4.69, 9.17) is 18.9 Å². The Morgan fingerprint density at radius 3 is 2.32 bits per heavy atom. The van der Waals surface area contributed by atoms with Gasteiger partial charge in [-0.1, -0.05) is 6.07 Å². The summed E-state index contributed by atoms with van der Waals surface area (Å²) in [6.07, 6.45) is 1.96. The Hall–Kier alpha value is -3.28. The third-order valence-corrected chi connectivity index (χ3v) is 3.94. The zero-order valence-corrected chi connectivity index (χ0v) is 16.4. The number of rotatable bonds is 9. The molecule has 0 aliphatic carbocycles. The molecule has 0 spiro atoms. The van der Waals surface area contributed by atoms with E-state index in [9.17, 15) is 9.59 Å². The van der Waals surface area contributed by atoms with Crippen molar-refractivity contribution in [3.63, 3.8) is 0 Å². The van der Waals surface area contributed by atoms with Gasteiger partial charge in [-0.15, -0.1) is 0 Å².